The number of alkyl halides is 3. The van der Waals surface area contributed by atoms with E-state index in [9.17, 15) is 13.2 Å². The minimum Gasteiger partial charge on any atom is -0.313 e. The number of halogens is 3. The molecule has 0 saturated heterocycles. The first kappa shape index (κ1) is 15.6. The zero-order valence-electron chi connectivity index (χ0n) is 12.3. The van der Waals surface area contributed by atoms with E-state index in [1.54, 1.807) is 13.0 Å². The normalized spacial score (nSPS) is 13.2. The van der Waals surface area contributed by atoms with Gasteiger partial charge in [-0.3, -0.25) is 0 Å². The number of benzene rings is 2. The van der Waals surface area contributed by atoms with Crippen molar-refractivity contribution in [3.63, 3.8) is 0 Å². The molecular formula is C17H18F3N. The molecule has 1 atom stereocenters. The molecule has 0 aliphatic heterocycles. The number of aryl methyl sites for hydroxylation is 1. The number of nitrogens with one attached hydrogen (secondary N) is 1. The van der Waals surface area contributed by atoms with Crippen LogP contribution in [0.15, 0.2) is 42.5 Å². The zero-order chi connectivity index (χ0) is 15.6. The highest BCUT2D eigenvalue weighted by molar-refractivity contribution is 5.71. The van der Waals surface area contributed by atoms with Crippen LogP contribution in [0.3, 0.4) is 0 Å². The Balaban J connectivity index is 2.53. The average molecular weight is 293 g/mol. The molecule has 0 bridgehead atoms. The zero-order valence-corrected chi connectivity index (χ0v) is 12.3. The van der Waals surface area contributed by atoms with Gasteiger partial charge in [-0.15, -0.1) is 0 Å². The van der Waals surface area contributed by atoms with Crippen molar-refractivity contribution in [2.24, 2.45) is 0 Å². The first-order valence-electron chi connectivity index (χ1n) is 6.79. The molecular weight excluding hydrogens is 275 g/mol. The fourth-order valence-electron chi connectivity index (χ4n) is 2.42. The number of hydrogen-bond acceptors (Lipinski definition) is 1. The summed E-state index contributed by atoms with van der Waals surface area (Å²) < 4.78 is 38.3. The van der Waals surface area contributed by atoms with Gasteiger partial charge < -0.3 is 5.32 Å². The van der Waals surface area contributed by atoms with E-state index in [1.807, 2.05) is 38.2 Å². The van der Waals surface area contributed by atoms with Crippen molar-refractivity contribution >= 4 is 0 Å². The molecule has 1 nitrogen and oxygen atoms in total. The van der Waals surface area contributed by atoms with Crippen molar-refractivity contribution in [2.45, 2.75) is 26.1 Å². The molecule has 2 aromatic rings. The Labute approximate surface area is 122 Å². The van der Waals surface area contributed by atoms with Crippen molar-refractivity contribution in [3.05, 3.63) is 59.2 Å². The fraction of sp³-hybridized carbons (Fsp3) is 0.294. The number of hydrogen-bond donors (Lipinski definition) is 1. The Hall–Kier alpha value is -1.81. The molecule has 0 fully saturated rings. The van der Waals surface area contributed by atoms with E-state index < -0.39 is 11.7 Å². The third kappa shape index (κ3) is 3.27. The van der Waals surface area contributed by atoms with E-state index in [-0.39, 0.29) is 6.04 Å². The van der Waals surface area contributed by atoms with Gasteiger partial charge in [0.1, 0.15) is 0 Å². The highest BCUT2D eigenvalue weighted by Crippen LogP contribution is 2.35. The summed E-state index contributed by atoms with van der Waals surface area (Å²) in [5.74, 6) is 0. The van der Waals surface area contributed by atoms with E-state index in [4.69, 9.17) is 0 Å². The second kappa shape index (κ2) is 5.90. The third-order valence-corrected chi connectivity index (χ3v) is 3.70. The summed E-state index contributed by atoms with van der Waals surface area (Å²) in [5.41, 5.74) is 2.89. The Morgan fingerprint density at radius 1 is 1.00 bits per heavy atom. The molecule has 2 aromatic carbocycles. The summed E-state index contributed by atoms with van der Waals surface area (Å²) in [6, 6.07) is 11.8. The van der Waals surface area contributed by atoms with Gasteiger partial charge in [0.15, 0.2) is 0 Å². The van der Waals surface area contributed by atoms with Crippen LogP contribution in [0.25, 0.3) is 11.1 Å². The van der Waals surface area contributed by atoms with E-state index in [0.29, 0.717) is 5.56 Å². The van der Waals surface area contributed by atoms with Gasteiger partial charge >= 0.3 is 6.18 Å². The second-order valence-corrected chi connectivity index (χ2v) is 5.13. The molecule has 2 rings (SSSR count). The predicted molar refractivity (Wildman–Crippen MR) is 79.1 cm³/mol. The van der Waals surface area contributed by atoms with Crippen molar-refractivity contribution in [1.82, 2.24) is 5.32 Å². The van der Waals surface area contributed by atoms with Gasteiger partial charge in [-0.2, -0.15) is 13.2 Å². The summed E-state index contributed by atoms with van der Waals surface area (Å²) >= 11 is 0. The lowest BCUT2D eigenvalue weighted by Gasteiger charge is -2.18. The summed E-state index contributed by atoms with van der Waals surface area (Å²) in [5, 5.41) is 3.17. The lowest BCUT2D eigenvalue weighted by Crippen LogP contribution is -2.13. The van der Waals surface area contributed by atoms with Gasteiger partial charge in [-0.25, -0.2) is 0 Å². The Morgan fingerprint density at radius 2 is 1.67 bits per heavy atom. The SMILES string of the molecule is CNC(C)c1ccccc1-c1ccc(C(F)(F)F)cc1C. The summed E-state index contributed by atoms with van der Waals surface area (Å²) in [6.45, 7) is 3.74. The van der Waals surface area contributed by atoms with Crippen LogP contribution in [0.1, 0.15) is 29.7 Å². The van der Waals surface area contributed by atoms with E-state index in [0.717, 1.165) is 22.8 Å². The Morgan fingerprint density at radius 3 is 2.24 bits per heavy atom. The van der Waals surface area contributed by atoms with Crippen molar-refractivity contribution in [1.29, 1.82) is 0 Å². The smallest absolute Gasteiger partial charge is 0.313 e. The first-order chi connectivity index (χ1) is 9.84. The van der Waals surface area contributed by atoms with Gasteiger partial charge in [0.25, 0.3) is 0 Å². The Kier molecular flexibility index (Phi) is 4.37. The highest BCUT2D eigenvalue weighted by Gasteiger charge is 2.30. The largest absolute Gasteiger partial charge is 0.416 e. The molecule has 1 N–H and O–H groups in total. The quantitative estimate of drug-likeness (QED) is 0.843. The van der Waals surface area contributed by atoms with Crippen LogP contribution in [0.4, 0.5) is 13.2 Å². The van der Waals surface area contributed by atoms with Crippen LogP contribution in [-0.4, -0.2) is 7.05 Å². The van der Waals surface area contributed by atoms with Gasteiger partial charge in [0, 0.05) is 6.04 Å². The maximum atomic E-state index is 12.8. The average Bonchev–Trinajstić information content (AvgIpc) is 2.45. The third-order valence-electron chi connectivity index (χ3n) is 3.70. The molecule has 21 heavy (non-hydrogen) atoms. The van der Waals surface area contributed by atoms with Crippen LogP contribution >= 0.6 is 0 Å². The van der Waals surface area contributed by atoms with Crippen molar-refractivity contribution in [2.75, 3.05) is 7.05 Å². The fourth-order valence-corrected chi connectivity index (χ4v) is 2.42. The van der Waals surface area contributed by atoms with Gasteiger partial charge in [0.05, 0.1) is 5.56 Å². The van der Waals surface area contributed by atoms with Gasteiger partial charge in [0.2, 0.25) is 0 Å². The van der Waals surface area contributed by atoms with Crippen molar-refractivity contribution < 1.29 is 13.2 Å². The topological polar surface area (TPSA) is 12.0 Å². The molecule has 1 unspecified atom stereocenters. The van der Waals surface area contributed by atoms with Crippen LogP contribution in [-0.2, 0) is 6.18 Å². The van der Waals surface area contributed by atoms with E-state index in [1.165, 1.54) is 6.07 Å². The van der Waals surface area contributed by atoms with Gasteiger partial charge in [-0.05, 0) is 55.3 Å². The number of rotatable bonds is 3. The first-order valence-corrected chi connectivity index (χ1v) is 6.79. The molecule has 0 radical (unpaired) electrons. The molecule has 0 aliphatic rings. The maximum Gasteiger partial charge on any atom is 0.416 e. The minimum absolute atomic E-state index is 0.128. The maximum absolute atomic E-state index is 12.8. The van der Waals surface area contributed by atoms with Crippen LogP contribution < -0.4 is 5.32 Å². The highest BCUT2D eigenvalue weighted by atomic mass is 19.4. The molecule has 0 amide bonds. The molecule has 0 spiro atoms. The molecule has 112 valence electrons. The predicted octanol–water partition coefficient (Wildman–Crippen LogP) is 4.96. The summed E-state index contributed by atoms with van der Waals surface area (Å²) in [7, 11) is 1.86. The second-order valence-electron chi connectivity index (χ2n) is 5.13. The Bertz CT molecular complexity index is 632. The minimum atomic E-state index is -4.30. The monoisotopic (exact) mass is 293 g/mol. The van der Waals surface area contributed by atoms with Crippen molar-refractivity contribution in [3.8, 4) is 11.1 Å². The van der Waals surface area contributed by atoms with Crippen LogP contribution in [0.5, 0.6) is 0 Å². The van der Waals surface area contributed by atoms with Crippen LogP contribution in [0.2, 0.25) is 0 Å². The lowest BCUT2D eigenvalue weighted by molar-refractivity contribution is -0.137. The summed E-state index contributed by atoms with van der Waals surface area (Å²) in [4.78, 5) is 0. The molecule has 0 aliphatic carbocycles. The molecule has 0 saturated carbocycles. The van der Waals surface area contributed by atoms with Gasteiger partial charge in [-0.1, -0.05) is 30.3 Å². The van der Waals surface area contributed by atoms with E-state index >= 15 is 0 Å². The molecule has 0 heterocycles. The van der Waals surface area contributed by atoms with E-state index in [2.05, 4.69) is 5.32 Å². The summed E-state index contributed by atoms with van der Waals surface area (Å²) in [6.07, 6.45) is -4.30. The lowest BCUT2D eigenvalue weighted by atomic mass is 9.92. The molecule has 4 heteroatoms. The van der Waals surface area contributed by atoms with Crippen LogP contribution in [0, 0.1) is 6.92 Å². The molecule has 0 aromatic heterocycles. The standard InChI is InChI=1S/C17H18F3N/c1-11-10-13(17(18,19)20)8-9-14(11)16-7-5-4-6-15(16)12(2)21-3/h4-10,12,21H,1-3H3.